The molecule has 0 radical (unpaired) electrons. The van der Waals surface area contributed by atoms with Gasteiger partial charge >= 0.3 is 0 Å². The molecule has 19 heavy (non-hydrogen) atoms. The van der Waals surface area contributed by atoms with Crippen LogP contribution in [0.2, 0.25) is 5.02 Å². The van der Waals surface area contributed by atoms with Gasteiger partial charge in [-0.3, -0.25) is 0 Å². The minimum atomic E-state index is 0.161. The molecule has 2 N–H and O–H groups in total. The van der Waals surface area contributed by atoms with Gasteiger partial charge in [0.15, 0.2) is 0 Å². The molecule has 0 fully saturated rings. The fourth-order valence-corrected chi connectivity index (χ4v) is 2.71. The maximum Gasteiger partial charge on any atom is 0.123 e. The van der Waals surface area contributed by atoms with E-state index in [4.69, 9.17) is 11.6 Å². The molecule has 0 aliphatic carbocycles. The largest absolute Gasteiger partial charge is 0.347 e. The number of hydrogen-bond acceptors (Lipinski definition) is 2. The Balaban J connectivity index is 2.15. The predicted molar refractivity (Wildman–Crippen MR) is 82.5 cm³/mol. The van der Waals surface area contributed by atoms with Crippen LogP contribution in [-0.2, 0) is 6.42 Å². The molecule has 2 rings (SSSR count). The lowest BCUT2D eigenvalue weighted by atomic mass is 10.1. The molecule has 2 aromatic rings. The third kappa shape index (κ3) is 4.06. The van der Waals surface area contributed by atoms with Gasteiger partial charge in [0.2, 0.25) is 0 Å². The minimum Gasteiger partial charge on any atom is -0.347 e. The van der Waals surface area contributed by atoms with Crippen molar-refractivity contribution >= 4 is 27.5 Å². The van der Waals surface area contributed by atoms with Crippen molar-refractivity contribution < 1.29 is 0 Å². The van der Waals surface area contributed by atoms with Gasteiger partial charge in [-0.2, -0.15) is 0 Å². The van der Waals surface area contributed by atoms with E-state index in [1.54, 1.807) is 6.20 Å². The van der Waals surface area contributed by atoms with Crippen molar-refractivity contribution in [2.75, 3.05) is 6.54 Å². The molecule has 0 spiro atoms. The van der Waals surface area contributed by atoms with Gasteiger partial charge in [0.1, 0.15) is 5.82 Å². The summed E-state index contributed by atoms with van der Waals surface area (Å²) in [5.74, 6) is 0.951. The summed E-state index contributed by atoms with van der Waals surface area (Å²) in [7, 11) is 0. The van der Waals surface area contributed by atoms with Crippen LogP contribution in [0.15, 0.2) is 35.1 Å². The van der Waals surface area contributed by atoms with Gasteiger partial charge in [0.25, 0.3) is 0 Å². The fraction of sp³-hybridized carbons (Fsp3) is 0.357. The summed E-state index contributed by atoms with van der Waals surface area (Å²) in [5, 5.41) is 4.28. The van der Waals surface area contributed by atoms with Crippen LogP contribution in [0.5, 0.6) is 0 Å². The van der Waals surface area contributed by atoms with E-state index in [1.165, 1.54) is 0 Å². The van der Waals surface area contributed by atoms with E-state index in [9.17, 15) is 0 Å². The molecule has 1 unspecified atom stereocenters. The molecule has 0 amide bonds. The van der Waals surface area contributed by atoms with Gasteiger partial charge in [-0.1, -0.05) is 40.5 Å². The molecular weight excluding hydrogens is 326 g/mol. The Bertz CT molecular complexity index is 513. The maximum atomic E-state index is 6.28. The second kappa shape index (κ2) is 7.08. The zero-order valence-corrected chi connectivity index (χ0v) is 13.1. The number of aromatic nitrogens is 2. The summed E-state index contributed by atoms with van der Waals surface area (Å²) in [5.41, 5.74) is 1.12. The maximum absolute atomic E-state index is 6.28. The highest BCUT2D eigenvalue weighted by Crippen LogP contribution is 2.25. The zero-order chi connectivity index (χ0) is 13.7. The van der Waals surface area contributed by atoms with E-state index >= 15 is 0 Å². The average molecular weight is 343 g/mol. The van der Waals surface area contributed by atoms with Gasteiger partial charge in [0.05, 0.1) is 6.04 Å². The summed E-state index contributed by atoms with van der Waals surface area (Å²) in [6.07, 6.45) is 5.53. The number of benzene rings is 1. The molecule has 1 aromatic heterocycles. The molecule has 0 aliphatic heterocycles. The Labute approximate surface area is 126 Å². The molecule has 102 valence electrons. The van der Waals surface area contributed by atoms with Gasteiger partial charge < -0.3 is 10.3 Å². The first-order chi connectivity index (χ1) is 9.20. The molecule has 0 saturated heterocycles. The smallest absolute Gasteiger partial charge is 0.123 e. The molecule has 0 saturated carbocycles. The minimum absolute atomic E-state index is 0.161. The predicted octanol–water partition coefficient (Wildman–Crippen LogP) is 4.11. The van der Waals surface area contributed by atoms with Crippen LogP contribution in [0.4, 0.5) is 0 Å². The Kier molecular flexibility index (Phi) is 5.43. The molecule has 1 aromatic carbocycles. The number of rotatable bonds is 6. The Hall–Kier alpha value is -0.840. The third-order valence-corrected chi connectivity index (χ3v) is 3.77. The lowest BCUT2D eigenvalue weighted by Crippen LogP contribution is -2.25. The summed E-state index contributed by atoms with van der Waals surface area (Å²) in [6, 6.07) is 6.15. The van der Waals surface area contributed by atoms with Gasteiger partial charge in [-0.15, -0.1) is 0 Å². The van der Waals surface area contributed by atoms with Gasteiger partial charge in [-0.25, -0.2) is 4.98 Å². The highest BCUT2D eigenvalue weighted by atomic mass is 79.9. The van der Waals surface area contributed by atoms with Crippen molar-refractivity contribution in [2.24, 2.45) is 0 Å². The molecule has 1 heterocycles. The molecule has 3 nitrogen and oxygen atoms in total. The highest BCUT2D eigenvalue weighted by molar-refractivity contribution is 9.10. The number of halogens is 2. The number of nitrogens with one attached hydrogen (secondary N) is 2. The second-order valence-electron chi connectivity index (χ2n) is 4.42. The first-order valence-corrected chi connectivity index (χ1v) is 7.54. The lowest BCUT2D eigenvalue weighted by Gasteiger charge is -2.17. The van der Waals surface area contributed by atoms with Crippen LogP contribution < -0.4 is 5.32 Å². The van der Waals surface area contributed by atoms with Crippen molar-refractivity contribution in [3.63, 3.8) is 0 Å². The normalized spacial score (nSPS) is 12.6. The number of imidazole rings is 1. The lowest BCUT2D eigenvalue weighted by molar-refractivity contribution is 0.508. The molecule has 1 atom stereocenters. The van der Waals surface area contributed by atoms with Crippen LogP contribution in [0.25, 0.3) is 0 Å². The van der Waals surface area contributed by atoms with E-state index in [-0.39, 0.29) is 6.04 Å². The summed E-state index contributed by atoms with van der Waals surface area (Å²) in [4.78, 5) is 7.51. The molecule has 5 heteroatoms. The SMILES string of the molecule is CCCNC(Cc1ccc(Br)cc1Cl)c1ncc[nH]1. The van der Waals surface area contributed by atoms with Crippen LogP contribution in [0.3, 0.4) is 0 Å². The first kappa shape index (κ1) is 14.6. The highest BCUT2D eigenvalue weighted by Gasteiger charge is 2.15. The standard InChI is InChI=1S/C14H17BrClN3/c1-2-5-17-13(14-18-6-7-19-14)8-10-3-4-11(15)9-12(10)16/h3-4,6-7,9,13,17H,2,5,8H2,1H3,(H,18,19). The van der Waals surface area contributed by atoms with Crippen LogP contribution in [0.1, 0.15) is 30.8 Å². The fourth-order valence-electron chi connectivity index (χ4n) is 1.96. The number of hydrogen-bond donors (Lipinski definition) is 2. The van der Waals surface area contributed by atoms with Crippen LogP contribution in [-0.4, -0.2) is 16.5 Å². The van der Waals surface area contributed by atoms with Crippen molar-refractivity contribution in [3.8, 4) is 0 Å². The van der Waals surface area contributed by atoms with Crippen molar-refractivity contribution in [2.45, 2.75) is 25.8 Å². The Morgan fingerprint density at radius 2 is 2.32 bits per heavy atom. The summed E-state index contributed by atoms with van der Waals surface area (Å²) in [6.45, 7) is 3.11. The van der Waals surface area contributed by atoms with E-state index in [2.05, 4.69) is 44.2 Å². The first-order valence-electron chi connectivity index (χ1n) is 6.37. The quantitative estimate of drug-likeness (QED) is 0.829. The number of nitrogens with zero attached hydrogens (tertiary/aromatic N) is 1. The number of aromatic amines is 1. The van der Waals surface area contributed by atoms with Crippen molar-refractivity contribution in [1.29, 1.82) is 0 Å². The van der Waals surface area contributed by atoms with E-state index in [1.807, 2.05) is 18.3 Å². The average Bonchev–Trinajstić information content (AvgIpc) is 2.90. The van der Waals surface area contributed by atoms with E-state index < -0.39 is 0 Å². The molecule has 0 aliphatic rings. The monoisotopic (exact) mass is 341 g/mol. The van der Waals surface area contributed by atoms with Crippen LogP contribution in [0, 0.1) is 0 Å². The van der Waals surface area contributed by atoms with E-state index in [0.717, 1.165) is 40.3 Å². The van der Waals surface area contributed by atoms with E-state index in [0.29, 0.717) is 0 Å². The number of H-pyrrole nitrogens is 1. The Morgan fingerprint density at radius 1 is 1.47 bits per heavy atom. The molecular formula is C14H17BrClN3. The van der Waals surface area contributed by atoms with Gasteiger partial charge in [-0.05, 0) is 37.1 Å². The third-order valence-electron chi connectivity index (χ3n) is 2.93. The topological polar surface area (TPSA) is 40.7 Å². The summed E-state index contributed by atoms with van der Waals surface area (Å²) < 4.78 is 0.998. The van der Waals surface area contributed by atoms with Crippen LogP contribution >= 0.6 is 27.5 Å². The van der Waals surface area contributed by atoms with Crippen molar-refractivity contribution in [3.05, 3.63) is 51.5 Å². The zero-order valence-electron chi connectivity index (χ0n) is 10.8. The van der Waals surface area contributed by atoms with Crippen molar-refractivity contribution in [1.82, 2.24) is 15.3 Å². The Morgan fingerprint density at radius 3 is 2.95 bits per heavy atom. The van der Waals surface area contributed by atoms with Gasteiger partial charge in [0, 0.05) is 21.9 Å². The molecule has 0 bridgehead atoms. The summed E-state index contributed by atoms with van der Waals surface area (Å²) >= 11 is 9.71. The second-order valence-corrected chi connectivity index (χ2v) is 5.74.